The molecule has 88 valence electrons. The summed E-state index contributed by atoms with van der Waals surface area (Å²) in [7, 11) is 0. The van der Waals surface area contributed by atoms with Gasteiger partial charge in [0.25, 0.3) is 0 Å². The molecule has 0 bridgehead atoms. The zero-order valence-electron chi connectivity index (χ0n) is 10.2. The third-order valence-electron chi connectivity index (χ3n) is 3.01. The Labute approximate surface area is 106 Å². The van der Waals surface area contributed by atoms with E-state index < -0.39 is 0 Å². The molecule has 0 saturated carbocycles. The molecule has 2 aromatic heterocycles. The summed E-state index contributed by atoms with van der Waals surface area (Å²) in [6, 6.07) is 10.4. The van der Waals surface area contributed by atoms with Gasteiger partial charge < -0.3 is 0 Å². The first-order valence-corrected chi connectivity index (χ1v) is 5.93. The minimum atomic E-state index is 0.788. The fraction of sp³-hybridized carbons (Fsp3) is 0.133. The number of aromatic nitrogens is 3. The Balaban J connectivity index is 2.07. The molecule has 0 aliphatic heterocycles. The summed E-state index contributed by atoms with van der Waals surface area (Å²) >= 11 is 0. The first kappa shape index (κ1) is 10.8. The van der Waals surface area contributed by atoms with Gasteiger partial charge in [0.2, 0.25) is 0 Å². The summed E-state index contributed by atoms with van der Waals surface area (Å²) in [4.78, 5) is 4.02. The van der Waals surface area contributed by atoms with Crippen molar-refractivity contribution in [2.75, 3.05) is 0 Å². The van der Waals surface area contributed by atoms with Gasteiger partial charge in [0, 0.05) is 29.6 Å². The highest BCUT2D eigenvalue weighted by Crippen LogP contribution is 2.19. The van der Waals surface area contributed by atoms with Gasteiger partial charge in [-0.2, -0.15) is 10.2 Å². The smallest absolute Gasteiger partial charge is 0.0753 e. The number of hydrogen-bond acceptors (Lipinski definition) is 3. The van der Waals surface area contributed by atoms with Crippen LogP contribution in [0.1, 0.15) is 16.8 Å². The van der Waals surface area contributed by atoms with E-state index in [4.69, 9.17) is 0 Å². The van der Waals surface area contributed by atoms with Crippen molar-refractivity contribution in [3.63, 3.8) is 0 Å². The Hall–Kier alpha value is -2.29. The second kappa shape index (κ2) is 4.53. The van der Waals surface area contributed by atoms with Gasteiger partial charge in [-0.3, -0.25) is 4.98 Å². The predicted octanol–water partition coefficient (Wildman–Crippen LogP) is 2.92. The number of rotatable bonds is 2. The van der Waals surface area contributed by atoms with E-state index in [9.17, 15) is 0 Å². The topological polar surface area (TPSA) is 38.7 Å². The average molecular weight is 235 g/mol. The van der Waals surface area contributed by atoms with Crippen LogP contribution >= 0.6 is 0 Å². The van der Waals surface area contributed by atoms with Crippen LogP contribution in [0.3, 0.4) is 0 Å². The first-order chi connectivity index (χ1) is 8.83. The highest BCUT2D eigenvalue weighted by molar-refractivity contribution is 5.84. The van der Waals surface area contributed by atoms with E-state index in [0.717, 1.165) is 17.5 Å². The van der Waals surface area contributed by atoms with Crippen molar-refractivity contribution in [1.29, 1.82) is 0 Å². The molecule has 0 radical (unpaired) electrons. The molecule has 0 atom stereocenters. The molecule has 3 rings (SSSR count). The van der Waals surface area contributed by atoms with Crippen LogP contribution in [0.5, 0.6) is 0 Å². The molecular weight excluding hydrogens is 222 g/mol. The van der Waals surface area contributed by atoms with Gasteiger partial charge in [0.05, 0.1) is 11.9 Å². The predicted molar refractivity (Wildman–Crippen MR) is 71.3 cm³/mol. The Bertz CT molecular complexity index is 678. The largest absolute Gasteiger partial charge is 0.265 e. The van der Waals surface area contributed by atoms with Crippen LogP contribution in [0.15, 0.2) is 48.9 Å². The van der Waals surface area contributed by atoms with Crippen molar-refractivity contribution in [2.45, 2.75) is 13.3 Å². The Morgan fingerprint density at radius 1 is 1.06 bits per heavy atom. The molecule has 3 nitrogen and oxygen atoms in total. The van der Waals surface area contributed by atoms with Gasteiger partial charge in [-0.15, -0.1) is 0 Å². The summed E-state index contributed by atoms with van der Waals surface area (Å²) in [6.07, 6.45) is 6.21. The van der Waals surface area contributed by atoms with Crippen LogP contribution in [0, 0.1) is 6.92 Å². The van der Waals surface area contributed by atoms with Crippen LogP contribution in [0.2, 0.25) is 0 Å². The second-order valence-electron chi connectivity index (χ2n) is 4.41. The molecule has 3 heteroatoms. The molecule has 18 heavy (non-hydrogen) atoms. The monoisotopic (exact) mass is 235 g/mol. The molecule has 0 saturated heterocycles. The van der Waals surface area contributed by atoms with Crippen molar-refractivity contribution < 1.29 is 0 Å². The lowest BCUT2D eigenvalue weighted by atomic mass is 10.0. The molecule has 1 aromatic carbocycles. The van der Waals surface area contributed by atoms with Crippen LogP contribution in [0.25, 0.3) is 10.8 Å². The Morgan fingerprint density at radius 2 is 1.89 bits per heavy atom. The quantitative estimate of drug-likeness (QED) is 0.685. The maximum absolute atomic E-state index is 4.26. The Kier molecular flexibility index (Phi) is 2.73. The molecule has 0 spiro atoms. The van der Waals surface area contributed by atoms with Gasteiger partial charge in [-0.05, 0) is 30.7 Å². The van der Waals surface area contributed by atoms with E-state index >= 15 is 0 Å². The summed E-state index contributed by atoms with van der Waals surface area (Å²) < 4.78 is 0. The van der Waals surface area contributed by atoms with Gasteiger partial charge in [-0.1, -0.05) is 17.7 Å². The van der Waals surface area contributed by atoms with Crippen molar-refractivity contribution in [1.82, 2.24) is 15.2 Å². The summed E-state index contributed by atoms with van der Waals surface area (Å²) in [5.41, 5.74) is 3.46. The second-order valence-corrected chi connectivity index (χ2v) is 4.41. The van der Waals surface area contributed by atoms with Crippen molar-refractivity contribution in [3.8, 4) is 0 Å². The summed E-state index contributed by atoms with van der Waals surface area (Å²) in [5.74, 6) is 0. The minimum Gasteiger partial charge on any atom is -0.265 e. The third-order valence-corrected chi connectivity index (χ3v) is 3.01. The first-order valence-electron chi connectivity index (χ1n) is 5.93. The standard InChI is InChI=1S/C15H13N3/c1-11-2-3-14-13(8-11)10-17-18-15(14)9-12-4-6-16-7-5-12/h2-8,10H,9H2,1H3. The number of aryl methyl sites for hydroxylation is 1. The molecule has 2 heterocycles. The highest BCUT2D eigenvalue weighted by Gasteiger charge is 2.04. The molecule has 0 aliphatic rings. The number of hydrogen-bond donors (Lipinski definition) is 0. The lowest BCUT2D eigenvalue weighted by Gasteiger charge is -2.05. The van der Waals surface area contributed by atoms with Gasteiger partial charge in [0.1, 0.15) is 0 Å². The zero-order chi connectivity index (χ0) is 12.4. The third kappa shape index (κ3) is 2.07. The van der Waals surface area contributed by atoms with Gasteiger partial charge in [-0.25, -0.2) is 0 Å². The van der Waals surface area contributed by atoms with E-state index in [0.29, 0.717) is 0 Å². The van der Waals surface area contributed by atoms with Crippen molar-refractivity contribution in [2.24, 2.45) is 0 Å². The maximum Gasteiger partial charge on any atom is 0.0753 e. The van der Waals surface area contributed by atoms with Crippen molar-refractivity contribution >= 4 is 10.8 Å². The highest BCUT2D eigenvalue weighted by atomic mass is 15.1. The molecular formula is C15H13N3. The molecule has 0 aliphatic carbocycles. The lowest BCUT2D eigenvalue weighted by molar-refractivity contribution is 0.956. The van der Waals surface area contributed by atoms with E-state index in [-0.39, 0.29) is 0 Å². The molecule has 3 aromatic rings. The Morgan fingerprint density at radius 3 is 2.72 bits per heavy atom. The van der Waals surface area contributed by atoms with E-state index in [2.05, 4.69) is 40.3 Å². The average Bonchev–Trinajstić information content (AvgIpc) is 2.40. The number of pyridine rings is 1. The molecule has 0 fully saturated rings. The number of nitrogens with zero attached hydrogens (tertiary/aromatic N) is 3. The fourth-order valence-corrected chi connectivity index (χ4v) is 2.09. The van der Waals surface area contributed by atoms with E-state index in [1.807, 2.05) is 18.3 Å². The normalized spacial score (nSPS) is 10.7. The van der Waals surface area contributed by atoms with Crippen LogP contribution < -0.4 is 0 Å². The number of benzene rings is 1. The van der Waals surface area contributed by atoms with Crippen molar-refractivity contribution in [3.05, 3.63) is 65.7 Å². The van der Waals surface area contributed by atoms with Gasteiger partial charge >= 0.3 is 0 Å². The molecule has 0 amide bonds. The zero-order valence-corrected chi connectivity index (χ0v) is 10.2. The molecule has 0 unspecified atom stereocenters. The fourth-order valence-electron chi connectivity index (χ4n) is 2.09. The van der Waals surface area contributed by atoms with E-state index in [1.165, 1.54) is 16.5 Å². The lowest BCUT2D eigenvalue weighted by Crippen LogP contribution is -1.96. The summed E-state index contributed by atoms with van der Waals surface area (Å²) in [5, 5.41) is 10.7. The van der Waals surface area contributed by atoms with Crippen LogP contribution in [-0.4, -0.2) is 15.2 Å². The van der Waals surface area contributed by atoms with E-state index in [1.54, 1.807) is 12.4 Å². The SMILES string of the molecule is Cc1ccc2c(Cc3ccncc3)nncc2c1. The minimum absolute atomic E-state index is 0.788. The number of fused-ring (bicyclic) bond motifs is 1. The van der Waals surface area contributed by atoms with Crippen LogP contribution in [0.4, 0.5) is 0 Å². The molecule has 0 N–H and O–H groups in total. The maximum atomic E-state index is 4.26. The van der Waals surface area contributed by atoms with Crippen LogP contribution in [-0.2, 0) is 6.42 Å². The summed E-state index contributed by atoms with van der Waals surface area (Å²) in [6.45, 7) is 2.09. The van der Waals surface area contributed by atoms with Gasteiger partial charge in [0.15, 0.2) is 0 Å².